The van der Waals surface area contributed by atoms with E-state index in [1.54, 1.807) is 36.4 Å². The van der Waals surface area contributed by atoms with Gasteiger partial charge in [0.15, 0.2) is 0 Å². The predicted molar refractivity (Wildman–Crippen MR) is 150 cm³/mol. The summed E-state index contributed by atoms with van der Waals surface area (Å²) in [4.78, 5) is 17.2. The number of aliphatic imine (C=N–C) groups is 1. The van der Waals surface area contributed by atoms with Gasteiger partial charge in [0, 0.05) is 33.3 Å². The summed E-state index contributed by atoms with van der Waals surface area (Å²) in [5, 5.41) is 22.5. The molecule has 0 unspecified atom stereocenters. The van der Waals surface area contributed by atoms with Gasteiger partial charge in [0.1, 0.15) is 17.4 Å². The summed E-state index contributed by atoms with van der Waals surface area (Å²) in [7, 11) is 0. The number of nitriles is 1. The molecule has 0 N–H and O–H groups in total. The maximum absolute atomic E-state index is 11.8. The molecule has 0 spiro atoms. The van der Waals surface area contributed by atoms with Gasteiger partial charge in [0.2, 0.25) is 5.88 Å². The van der Waals surface area contributed by atoms with Crippen LogP contribution < -0.4 is 0 Å². The minimum absolute atomic E-state index is 0.0520. The van der Waals surface area contributed by atoms with Crippen LogP contribution in [0.1, 0.15) is 11.1 Å². The predicted octanol–water partition coefficient (Wildman–Crippen LogP) is 8.95. The normalized spacial score (nSPS) is 10.9. The van der Waals surface area contributed by atoms with Crippen molar-refractivity contribution in [2.75, 3.05) is 0 Å². The molecule has 6 nitrogen and oxygen atoms in total. The highest BCUT2D eigenvalue weighted by atomic mass is 35.5. The number of nitro groups is 1. The number of benzene rings is 4. The minimum Gasteiger partial charge on any atom is -0.436 e. The molecule has 0 radical (unpaired) electrons. The lowest BCUT2D eigenvalue weighted by molar-refractivity contribution is -0.387. The smallest absolute Gasteiger partial charge is 0.283 e. The second kappa shape index (κ2) is 11.2. The quantitative estimate of drug-likeness (QED) is 0.118. The Morgan fingerprint density at radius 2 is 1.58 bits per heavy atom. The first-order valence-electron chi connectivity index (χ1n) is 11.5. The van der Waals surface area contributed by atoms with E-state index < -0.39 is 4.92 Å². The van der Waals surface area contributed by atoms with Gasteiger partial charge >= 0.3 is 0 Å². The fraction of sp³-hybridized carbons (Fsp3) is 0. The van der Waals surface area contributed by atoms with E-state index in [4.69, 9.17) is 16.0 Å². The van der Waals surface area contributed by atoms with Crippen LogP contribution in [0.15, 0.2) is 122 Å². The maximum atomic E-state index is 11.8. The number of halogens is 1. The molecular formula is C30H18ClN3O3S. The van der Waals surface area contributed by atoms with Crippen LogP contribution in [0.25, 0.3) is 22.5 Å². The monoisotopic (exact) mass is 535 g/mol. The largest absolute Gasteiger partial charge is 0.436 e. The Kier molecular flexibility index (Phi) is 7.36. The van der Waals surface area contributed by atoms with Crippen LogP contribution >= 0.6 is 23.4 Å². The lowest BCUT2D eigenvalue weighted by Gasteiger charge is -2.04. The summed E-state index contributed by atoms with van der Waals surface area (Å²) in [6, 6.07) is 33.2. The molecular weight excluding hydrogens is 518 g/mol. The van der Waals surface area contributed by atoms with Crippen molar-refractivity contribution in [2.45, 2.75) is 9.79 Å². The Labute approximate surface area is 228 Å². The highest BCUT2D eigenvalue weighted by molar-refractivity contribution is 7.99. The van der Waals surface area contributed by atoms with Crippen molar-refractivity contribution >= 4 is 41.1 Å². The molecule has 5 aromatic rings. The van der Waals surface area contributed by atoms with Crippen molar-refractivity contribution in [1.82, 2.24) is 0 Å². The van der Waals surface area contributed by atoms with Gasteiger partial charge in [0.05, 0.1) is 9.82 Å². The van der Waals surface area contributed by atoms with Crippen molar-refractivity contribution in [2.24, 2.45) is 4.99 Å². The Balaban J connectivity index is 1.53. The Morgan fingerprint density at radius 1 is 0.921 bits per heavy atom. The zero-order valence-corrected chi connectivity index (χ0v) is 21.3. The second-order valence-electron chi connectivity index (χ2n) is 8.13. The zero-order valence-electron chi connectivity index (χ0n) is 19.7. The summed E-state index contributed by atoms with van der Waals surface area (Å²) in [5.41, 5.74) is 3.02. The minimum atomic E-state index is -0.426. The lowest BCUT2D eigenvalue weighted by atomic mass is 9.98. The number of furan rings is 1. The molecule has 1 aromatic heterocycles. The van der Waals surface area contributed by atoms with Crippen molar-refractivity contribution < 1.29 is 9.34 Å². The van der Waals surface area contributed by atoms with Gasteiger partial charge < -0.3 is 4.42 Å². The Bertz CT molecular complexity index is 1680. The molecule has 4 aromatic carbocycles. The van der Waals surface area contributed by atoms with E-state index in [1.807, 2.05) is 60.7 Å². The van der Waals surface area contributed by atoms with Gasteiger partial charge in [-0.2, -0.15) is 5.26 Å². The van der Waals surface area contributed by atoms with Crippen molar-refractivity contribution in [1.29, 1.82) is 5.26 Å². The zero-order chi connectivity index (χ0) is 26.5. The number of hydrogen-bond donors (Lipinski definition) is 0. The molecule has 0 amide bonds. The van der Waals surface area contributed by atoms with E-state index in [0.29, 0.717) is 26.8 Å². The van der Waals surface area contributed by atoms with E-state index in [1.165, 1.54) is 24.0 Å². The van der Waals surface area contributed by atoms with Gasteiger partial charge in [-0.05, 0) is 41.5 Å². The molecule has 0 bridgehead atoms. The molecule has 1 heterocycles. The number of nitro benzene ring substituents is 1. The number of nitrogens with zero attached hydrogens (tertiary/aromatic N) is 3. The van der Waals surface area contributed by atoms with Crippen LogP contribution in [-0.4, -0.2) is 11.1 Å². The highest BCUT2D eigenvalue weighted by Crippen LogP contribution is 2.42. The SMILES string of the molecule is N#Cc1c(N=Cc2ccc(Sc3ccc(Cl)cc3)c([N+](=O)[O-])c2)oc(-c2ccccc2)c1-c1ccccc1. The Hall–Kier alpha value is -4.64. The van der Waals surface area contributed by atoms with Crippen molar-refractivity contribution in [3.63, 3.8) is 0 Å². The standard InChI is InChI=1S/C30H18ClN3O3S/c31-23-12-14-24(15-13-23)38-27-16-11-20(17-26(27)34(35)36)19-33-30-25(18-32)28(21-7-3-1-4-8-21)29(37-30)22-9-5-2-6-10-22/h1-17,19H. The van der Waals surface area contributed by atoms with Gasteiger partial charge in [-0.3, -0.25) is 10.1 Å². The number of hydrogen-bond acceptors (Lipinski definition) is 6. The van der Waals surface area contributed by atoms with Crippen LogP contribution in [0.3, 0.4) is 0 Å². The molecule has 0 saturated carbocycles. The van der Waals surface area contributed by atoms with Crippen molar-refractivity contribution in [3.05, 3.63) is 129 Å². The molecule has 0 aliphatic rings. The third kappa shape index (κ3) is 5.37. The molecule has 0 aliphatic carbocycles. The van der Waals surface area contributed by atoms with Crippen LogP contribution in [-0.2, 0) is 0 Å². The first-order valence-corrected chi connectivity index (χ1v) is 12.7. The second-order valence-corrected chi connectivity index (χ2v) is 9.68. The van der Waals surface area contributed by atoms with Crippen LogP contribution in [0.5, 0.6) is 0 Å². The van der Waals surface area contributed by atoms with E-state index in [9.17, 15) is 15.4 Å². The summed E-state index contributed by atoms with van der Waals surface area (Å²) < 4.78 is 6.12. The maximum Gasteiger partial charge on any atom is 0.283 e. The van der Waals surface area contributed by atoms with Gasteiger partial charge in [0.25, 0.3) is 5.69 Å². The molecule has 0 fully saturated rings. The molecule has 5 rings (SSSR count). The van der Waals surface area contributed by atoms with Gasteiger partial charge in [-0.15, -0.1) is 0 Å². The first-order chi connectivity index (χ1) is 18.5. The molecule has 0 atom stereocenters. The van der Waals surface area contributed by atoms with Crippen LogP contribution in [0.2, 0.25) is 5.02 Å². The highest BCUT2D eigenvalue weighted by Gasteiger charge is 2.23. The van der Waals surface area contributed by atoms with E-state index in [0.717, 1.165) is 16.0 Å². The van der Waals surface area contributed by atoms with Gasteiger partial charge in [-0.25, -0.2) is 4.99 Å². The average molecular weight is 536 g/mol. The van der Waals surface area contributed by atoms with E-state index >= 15 is 0 Å². The van der Waals surface area contributed by atoms with E-state index in [2.05, 4.69) is 11.1 Å². The van der Waals surface area contributed by atoms with Crippen molar-refractivity contribution in [3.8, 4) is 28.5 Å². The third-order valence-electron chi connectivity index (χ3n) is 5.65. The van der Waals surface area contributed by atoms with Gasteiger partial charge in [-0.1, -0.05) is 90.1 Å². The first kappa shape index (κ1) is 25.0. The number of rotatable bonds is 7. The summed E-state index contributed by atoms with van der Waals surface area (Å²) >= 11 is 7.22. The molecule has 0 aliphatic heterocycles. The Morgan fingerprint density at radius 3 is 2.21 bits per heavy atom. The summed E-state index contributed by atoms with van der Waals surface area (Å²) in [6.07, 6.45) is 1.47. The topological polar surface area (TPSA) is 92.4 Å². The molecule has 8 heteroatoms. The van der Waals surface area contributed by atoms with E-state index in [-0.39, 0.29) is 17.1 Å². The fourth-order valence-electron chi connectivity index (χ4n) is 3.89. The third-order valence-corrected chi connectivity index (χ3v) is 6.98. The lowest BCUT2D eigenvalue weighted by Crippen LogP contribution is -1.93. The molecule has 184 valence electrons. The molecule has 38 heavy (non-hydrogen) atoms. The van der Waals surface area contributed by atoms with Crippen LogP contribution in [0, 0.1) is 21.4 Å². The summed E-state index contributed by atoms with van der Waals surface area (Å²) in [5.74, 6) is 0.661. The fourth-order valence-corrected chi connectivity index (χ4v) is 4.92. The average Bonchev–Trinajstić information content (AvgIpc) is 3.33. The molecule has 0 saturated heterocycles. The summed E-state index contributed by atoms with van der Waals surface area (Å²) in [6.45, 7) is 0. The van der Waals surface area contributed by atoms with Crippen LogP contribution in [0.4, 0.5) is 11.6 Å².